The zero-order chi connectivity index (χ0) is 16.7. The van der Waals surface area contributed by atoms with Crippen molar-refractivity contribution in [2.75, 3.05) is 13.1 Å². The summed E-state index contributed by atoms with van der Waals surface area (Å²) in [6.07, 6.45) is 4.45. The molecule has 0 aliphatic carbocycles. The number of aliphatic hydroxyl groups excluding tert-OH is 1. The number of pyridine rings is 1. The molecule has 0 saturated carbocycles. The predicted molar refractivity (Wildman–Crippen MR) is 92.5 cm³/mol. The third-order valence-electron chi connectivity index (χ3n) is 4.20. The minimum atomic E-state index is -0.316. The molecule has 1 aliphatic heterocycles. The van der Waals surface area contributed by atoms with Crippen molar-refractivity contribution in [3.63, 3.8) is 0 Å². The molecule has 1 saturated heterocycles. The summed E-state index contributed by atoms with van der Waals surface area (Å²) in [5, 5.41) is 14.2. The molecule has 0 aromatic carbocycles. The van der Waals surface area contributed by atoms with E-state index in [-0.39, 0.29) is 12.0 Å². The van der Waals surface area contributed by atoms with Crippen LogP contribution in [-0.4, -0.2) is 49.7 Å². The maximum atomic E-state index is 12.6. The number of aliphatic hydroxyl groups is 1. The molecule has 0 atom stereocenters. The van der Waals surface area contributed by atoms with Crippen molar-refractivity contribution in [3.05, 3.63) is 39.9 Å². The van der Waals surface area contributed by atoms with Gasteiger partial charge in [-0.25, -0.2) is 9.50 Å². The maximum Gasteiger partial charge on any atom is 0.282 e. The van der Waals surface area contributed by atoms with E-state index < -0.39 is 0 Å². The smallest absolute Gasteiger partial charge is 0.282 e. The molecule has 4 rings (SSSR count). The number of halogens is 1. The highest BCUT2D eigenvalue weighted by Crippen LogP contribution is 2.35. The Hall–Kier alpha value is -1.96. The molecule has 3 aromatic rings. The van der Waals surface area contributed by atoms with Crippen LogP contribution >= 0.6 is 22.9 Å². The van der Waals surface area contributed by atoms with Gasteiger partial charge in [0.25, 0.3) is 5.91 Å². The number of piperidine rings is 1. The first-order valence-electron chi connectivity index (χ1n) is 7.70. The van der Waals surface area contributed by atoms with Crippen LogP contribution in [0.25, 0.3) is 16.8 Å². The van der Waals surface area contributed by atoms with Gasteiger partial charge in [0.1, 0.15) is 10.0 Å². The van der Waals surface area contributed by atoms with E-state index in [1.807, 2.05) is 24.4 Å². The van der Waals surface area contributed by atoms with Crippen molar-refractivity contribution in [2.45, 2.75) is 18.9 Å². The fourth-order valence-electron chi connectivity index (χ4n) is 2.88. The fraction of sp³-hybridized carbons (Fsp3) is 0.312. The largest absolute Gasteiger partial charge is 0.393 e. The van der Waals surface area contributed by atoms with Gasteiger partial charge in [0, 0.05) is 24.8 Å². The molecule has 3 aromatic heterocycles. The quantitative estimate of drug-likeness (QED) is 0.761. The zero-order valence-electron chi connectivity index (χ0n) is 12.7. The van der Waals surface area contributed by atoms with E-state index in [0.29, 0.717) is 41.0 Å². The Morgan fingerprint density at radius 2 is 2.12 bits per heavy atom. The average molecular weight is 363 g/mol. The van der Waals surface area contributed by atoms with Gasteiger partial charge in [-0.05, 0) is 25.0 Å². The van der Waals surface area contributed by atoms with Crippen molar-refractivity contribution in [1.29, 1.82) is 0 Å². The van der Waals surface area contributed by atoms with Crippen molar-refractivity contribution in [2.24, 2.45) is 0 Å². The van der Waals surface area contributed by atoms with Crippen molar-refractivity contribution in [1.82, 2.24) is 19.5 Å². The lowest BCUT2D eigenvalue weighted by Crippen LogP contribution is -2.40. The fourth-order valence-corrected chi connectivity index (χ4v) is 4.02. The average Bonchev–Trinajstić information content (AvgIpc) is 3.18. The zero-order valence-corrected chi connectivity index (χ0v) is 14.3. The van der Waals surface area contributed by atoms with E-state index >= 15 is 0 Å². The molecule has 1 fully saturated rings. The van der Waals surface area contributed by atoms with Crippen LogP contribution in [0.15, 0.2) is 30.6 Å². The summed E-state index contributed by atoms with van der Waals surface area (Å²) in [7, 11) is 0. The Labute approximate surface area is 147 Å². The van der Waals surface area contributed by atoms with Gasteiger partial charge in [-0.2, -0.15) is 5.10 Å². The normalized spacial score (nSPS) is 16.0. The number of thiazole rings is 1. The Balaban J connectivity index is 1.66. The number of hydrogen-bond donors (Lipinski definition) is 1. The number of nitrogens with zero attached hydrogens (tertiary/aromatic N) is 4. The number of hydrogen-bond acceptors (Lipinski definition) is 5. The van der Waals surface area contributed by atoms with Gasteiger partial charge < -0.3 is 10.0 Å². The van der Waals surface area contributed by atoms with Gasteiger partial charge in [-0.15, -0.1) is 0 Å². The maximum absolute atomic E-state index is 12.6. The summed E-state index contributed by atoms with van der Waals surface area (Å²) in [5.74, 6) is -0.128. The van der Waals surface area contributed by atoms with Crippen molar-refractivity contribution < 1.29 is 9.90 Å². The van der Waals surface area contributed by atoms with Gasteiger partial charge in [0.2, 0.25) is 0 Å². The second-order valence-corrected chi connectivity index (χ2v) is 7.35. The van der Waals surface area contributed by atoms with Crippen LogP contribution in [-0.2, 0) is 0 Å². The molecule has 1 N–H and O–H groups in total. The topological polar surface area (TPSA) is 70.7 Å². The minimum Gasteiger partial charge on any atom is -0.393 e. The molecule has 6 nitrogen and oxygen atoms in total. The Morgan fingerprint density at radius 1 is 1.33 bits per heavy atom. The van der Waals surface area contributed by atoms with Gasteiger partial charge in [0.15, 0.2) is 5.01 Å². The van der Waals surface area contributed by atoms with Crippen LogP contribution < -0.4 is 0 Å². The molecular weight excluding hydrogens is 348 g/mol. The van der Waals surface area contributed by atoms with Gasteiger partial charge in [0.05, 0.1) is 17.8 Å². The molecular formula is C16H15ClN4O2S. The van der Waals surface area contributed by atoms with E-state index in [4.69, 9.17) is 11.6 Å². The molecule has 0 radical (unpaired) electrons. The minimum absolute atomic E-state index is 0.128. The summed E-state index contributed by atoms with van der Waals surface area (Å²) >= 11 is 7.54. The first kappa shape index (κ1) is 15.6. The monoisotopic (exact) mass is 362 g/mol. The van der Waals surface area contributed by atoms with Crippen molar-refractivity contribution >= 4 is 34.4 Å². The number of aromatic nitrogens is 3. The van der Waals surface area contributed by atoms with Gasteiger partial charge >= 0.3 is 0 Å². The predicted octanol–water partition coefficient (Wildman–Crippen LogP) is 2.71. The van der Waals surface area contributed by atoms with Crippen LogP contribution in [0.4, 0.5) is 0 Å². The number of carbonyl (C=O) groups is 1. The second kappa shape index (κ2) is 6.16. The first-order chi connectivity index (χ1) is 11.6. The first-order valence-corrected chi connectivity index (χ1v) is 8.89. The Kier molecular flexibility index (Phi) is 3.99. The van der Waals surface area contributed by atoms with E-state index in [0.717, 1.165) is 11.1 Å². The summed E-state index contributed by atoms with van der Waals surface area (Å²) in [6, 6.07) is 5.75. The number of carbonyl (C=O) groups excluding carboxylic acids is 1. The van der Waals surface area contributed by atoms with Crippen LogP contribution in [0.2, 0.25) is 4.34 Å². The van der Waals surface area contributed by atoms with E-state index in [1.165, 1.54) is 11.3 Å². The Morgan fingerprint density at radius 3 is 2.92 bits per heavy atom. The molecule has 4 heterocycles. The third-order valence-corrected chi connectivity index (χ3v) is 5.44. The molecule has 1 aliphatic rings. The Bertz CT molecular complexity index is 899. The summed E-state index contributed by atoms with van der Waals surface area (Å²) in [6.45, 7) is 1.09. The second-order valence-electron chi connectivity index (χ2n) is 5.75. The lowest BCUT2D eigenvalue weighted by molar-refractivity contribution is 0.0546. The highest BCUT2D eigenvalue weighted by atomic mass is 35.5. The number of rotatable bonds is 2. The highest BCUT2D eigenvalue weighted by molar-refractivity contribution is 7.18. The van der Waals surface area contributed by atoms with E-state index in [1.54, 1.807) is 15.6 Å². The van der Waals surface area contributed by atoms with Crippen LogP contribution in [0.3, 0.4) is 0 Å². The lowest BCUT2D eigenvalue weighted by Gasteiger charge is -2.28. The molecule has 0 unspecified atom stereocenters. The third kappa shape index (κ3) is 2.68. The van der Waals surface area contributed by atoms with Crippen LogP contribution in [0.1, 0.15) is 22.6 Å². The van der Waals surface area contributed by atoms with Crippen molar-refractivity contribution in [3.8, 4) is 11.3 Å². The van der Waals surface area contributed by atoms with E-state index in [2.05, 4.69) is 10.1 Å². The molecule has 1 amide bonds. The number of fused-ring (bicyclic) bond motifs is 1. The van der Waals surface area contributed by atoms with E-state index in [9.17, 15) is 9.90 Å². The van der Waals surface area contributed by atoms with Gasteiger partial charge in [-0.1, -0.05) is 29.0 Å². The number of amides is 1. The molecule has 0 bridgehead atoms. The number of likely N-dealkylation sites (tertiary alicyclic amines) is 1. The summed E-state index contributed by atoms with van der Waals surface area (Å²) < 4.78 is 2.23. The van der Waals surface area contributed by atoms with Crippen LogP contribution in [0, 0.1) is 0 Å². The molecule has 24 heavy (non-hydrogen) atoms. The van der Waals surface area contributed by atoms with Crippen LogP contribution in [0.5, 0.6) is 0 Å². The standard InChI is InChI=1S/C16H15ClN4O2S/c17-14-13(11-9-18-21-6-2-1-3-12(11)21)19-15(24-14)16(23)20-7-4-10(22)5-8-20/h1-3,6,9-10,22H,4-5,7-8H2. The highest BCUT2D eigenvalue weighted by Gasteiger charge is 2.26. The van der Waals surface area contributed by atoms with Gasteiger partial charge in [-0.3, -0.25) is 4.79 Å². The summed E-state index contributed by atoms with van der Waals surface area (Å²) in [5.41, 5.74) is 2.29. The molecule has 124 valence electrons. The SMILES string of the molecule is O=C(c1nc(-c2cnn3ccccc23)c(Cl)s1)N1CCC(O)CC1. The molecule has 0 spiro atoms. The lowest BCUT2D eigenvalue weighted by atomic mass is 10.1. The summed E-state index contributed by atoms with van der Waals surface area (Å²) in [4.78, 5) is 18.8. The molecule has 8 heteroatoms.